The van der Waals surface area contributed by atoms with Crippen LogP contribution in [0.5, 0.6) is 0 Å². The van der Waals surface area contributed by atoms with Crippen molar-refractivity contribution in [3.8, 4) is 0 Å². The number of nitrogens with one attached hydrogen (secondary N) is 2. The number of nitrogens with zero attached hydrogens (tertiary/aromatic N) is 2. The summed E-state index contributed by atoms with van der Waals surface area (Å²) in [4.78, 5) is 11.4. The van der Waals surface area contributed by atoms with Gasteiger partial charge in [0.2, 0.25) is 0 Å². The zero-order valence-corrected chi connectivity index (χ0v) is 13.2. The lowest BCUT2D eigenvalue weighted by Crippen LogP contribution is -2.25. The van der Waals surface area contributed by atoms with E-state index < -0.39 is 0 Å². The molecular formula is C16H26N4O. The van der Waals surface area contributed by atoms with E-state index >= 15 is 0 Å². The van der Waals surface area contributed by atoms with Gasteiger partial charge in [-0.2, -0.15) is 0 Å². The minimum absolute atomic E-state index is 0.204. The molecule has 2 N–H and O–H groups in total. The number of aromatic nitrogens is 2. The van der Waals surface area contributed by atoms with Crippen LogP contribution in [0.2, 0.25) is 0 Å². The van der Waals surface area contributed by atoms with Crippen LogP contribution in [0.15, 0.2) is 12.1 Å². The minimum Gasteiger partial charge on any atom is -0.366 e. The van der Waals surface area contributed by atoms with Gasteiger partial charge in [0.25, 0.3) is 5.91 Å². The number of anilines is 1. The fourth-order valence-corrected chi connectivity index (χ4v) is 2.97. The van der Waals surface area contributed by atoms with Crippen LogP contribution in [0, 0.1) is 11.8 Å². The van der Waals surface area contributed by atoms with Crippen LogP contribution in [0.25, 0.3) is 0 Å². The highest BCUT2D eigenvalue weighted by Gasteiger charge is 2.27. The van der Waals surface area contributed by atoms with Crippen molar-refractivity contribution in [2.24, 2.45) is 11.8 Å². The molecule has 0 spiro atoms. The Morgan fingerprint density at radius 3 is 2.76 bits per heavy atom. The first-order valence-electron chi connectivity index (χ1n) is 7.92. The number of rotatable bonds is 6. The number of hydrogen-bond acceptors (Lipinski definition) is 4. The maximum absolute atomic E-state index is 11.4. The largest absolute Gasteiger partial charge is 0.366 e. The average molecular weight is 290 g/mol. The van der Waals surface area contributed by atoms with Crippen molar-refractivity contribution in [2.75, 3.05) is 12.4 Å². The van der Waals surface area contributed by atoms with Gasteiger partial charge in [-0.05, 0) is 43.2 Å². The predicted molar refractivity (Wildman–Crippen MR) is 84.2 cm³/mol. The molecule has 1 aliphatic rings. The van der Waals surface area contributed by atoms with Gasteiger partial charge in [-0.25, -0.2) is 0 Å². The van der Waals surface area contributed by atoms with E-state index in [2.05, 4.69) is 34.7 Å². The SMILES string of the molecule is CNC(=O)c1ccc(NC2CCCC2CCC(C)C)nn1. The van der Waals surface area contributed by atoms with E-state index in [9.17, 15) is 4.79 Å². The van der Waals surface area contributed by atoms with Gasteiger partial charge in [0.1, 0.15) is 5.82 Å². The Labute approximate surface area is 126 Å². The quantitative estimate of drug-likeness (QED) is 0.845. The summed E-state index contributed by atoms with van der Waals surface area (Å²) >= 11 is 0. The van der Waals surface area contributed by atoms with E-state index in [0.29, 0.717) is 11.7 Å². The van der Waals surface area contributed by atoms with Crippen molar-refractivity contribution in [3.05, 3.63) is 17.8 Å². The number of carbonyl (C=O) groups is 1. The van der Waals surface area contributed by atoms with Gasteiger partial charge < -0.3 is 10.6 Å². The number of amides is 1. The molecule has 0 aliphatic heterocycles. The van der Waals surface area contributed by atoms with Gasteiger partial charge in [-0.15, -0.1) is 10.2 Å². The topological polar surface area (TPSA) is 66.9 Å². The molecule has 21 heavy (non-hydrogen) atoms. The van der Waals surface area contributed by atoms with Crippen molar-refractivity contribution in [3.63, 3.8) is 0 Å². The van der Waals surface area contributed by atoms with Crippen molar-refractivity contribution < 1.29 is 4.79 Å². The third kappa shape index (κ3) is 4.41. The van der Waals surface area contributed by atoms with Crippen molar-refractivity contribution in [1.82, 2.24) is 15.5 Å². The third-order valence-corrected chi connectivity index (χ3v) is 4.23. The van der Waals surface area contributed by atoms with Crippen LogP contribution in [0.4, 0.5) is 5.82 Å². The zero-order valence-electron chi connectivity index (χ0n) is 13.2. The lowest BCUT2D eigenvalue weighted by Gasteiger charge is -2.22. The maximum Gasteiger partial charge on any atom is 0.271 e. The number of carbonyl (C=O) groups excluding carboxylic acids is 1. The first kappa shape index (κ1) is 15.7. The summed E-state index contributed by atoms with van der Waals surface area (Å²) in [6.45, 7) is 4.56. The molecule has 1 heterocycles. The lowest BCUT2D eigenvalue weighted by atomic mass is 9.94. The van der Waals surface area contributed by atoms with E-state index in [0.717, 1.165) is 17.7 Å². The molecule has 5 nitrogen and oxygen atoms in total. The fourth-order valence-electron chi connectivity index (χ4n) is 2.97. The number of hydrogen-bond donors (Lipinski definition) is 2. The summed E-state index contributed by atoms with van der Waals surface area (Å²) in [5.74, 6) is 2.06. The Kier molecular flexibility index (Phi) is 5.53. The van der Waals surface area contributed by atoms with Crippen LogP contribution in [-0.2, 0) is 0 Å². The van der Waals surface area contributed by atoms with Gasteiger partial charge in [-0.3, -0.25) is 4.79 Å². The Hall–Kier alpha value is -1.65. The summed E-state index contributed by atoms with van der Waals surface area (Å²) in [5, 5.41) is 14.1. The summed E-state index contributed by atoms with van der Waals surface area (Å²) in [5.41, 5.74) is 0.353. The van der Waals surface area contributed by atoms with Crippen LogP contribution in [0.1, 0.15) is 56.4 Å². The van der Waals surface area contributed by atoms with E-state index in [1.54, 1.807) is 13.1 Å². The van der Waals surface area contributed by atoms with Crippen molar-refractivity contribution in [1.29, 1.82) is 0 Å². The summed E-state index contributed by atoms with van der Waals surface area (Å²) in [7, 11) is 1.59. The summed E-state index contributed by atoms with van der Waals surface area (Å²) in [6, 6.07) is 4.05. The van der Waals surface area contributed by atoms with Gasteiger partial charge in [0.15, 0.2) is 5.69 Å². The monoisotopic (exact) mass is 290 g/mol. The van der Waals surface area contributed by atoms with Crippen LogP contribution >= 0.6 is 0 Å². The highest BCUT2D eigenvalue weighted by Crippen LogP contribution is 2.32. The molecule has 0 saturated heterocycles. The standard InChI is InChI=1S/C16H26N4O/c1-11(2)7-8-12-5-4-6-13(12)18-15-10-9-14(19-20-15)16(21)17-3/h9-13H,4-8H2,1-3H3,(H,17,21)(H,18,20). The highest BCUT2D eigenvalue weighted by atomic mass is 16.1. The van der Waals surface area contributed by atoms with Crippen molar-refractivity contribution >= 4 is 11.7 Å². The van der Waals surface area contributed by atoms with Crippen LogP contribution < -0.4 is 10.6 Å². The molecule has 1 saturated carbocycles. The zero-order chi connectivity index (χ0) is 15.2. The fraction of sp³-hybridized carbons (Fsp3) is 0.688. The smallest absolute Gasteiger partial charge is 0.271 e. The summed E-state index contributed by atoms with van der Waals surface area (Å²) in [6.07, 6.45) is 6.34. The Balaban J connectivity index is 1.92. The second kappa shape index (κ2) is 7.38. The molecule has 1 aromatic heterocycles. The Morgan fingerprint density at radius 2 is 2.14 bits per heavy atom. The minimum atomic E-state index is -0.204. The molecule has 2 unspecified atom stereocenters. The van der Waals surface area contributed by atoms with Gasteiger partial charge >= 0.3 is 0 Å². The third-order valence-electron chi connectivity index (χ3n) is 4.23. The Bertz CT molecular complexity index is 458. The van der Waals surface area contributed by atoms with E-state index in [1.165, 1.54) is 32.1 Å². The molecule has 1 amide bonds. The van der Waals surface area contributed by atoms with Gasteiger partial charge in [0.05, 0.1) is 0 Å². The normalized spacial score (nSPS) is 21.5. The van der Waals surface area contributed by atoms with Crippen LogP contribution in [-0.4, -0.2) is 29.2 Å². The summed E-state index contributed by atoms with van der Waals surface area (Å²) < 4.78 is 0. The first-order chi connectivity index (χ1) is 10.1. The molecule has 1 aliphatic carbocycles. The molecule has 1 aromatic rings. The van der Waals surface area contributed by atoms with E-state index in [1.807, 2.05) is 6.07 Å². The van der Waals surface area contributed by atoms with Crippen LogP contribution in [0.3, 0.4) is 0 Å². The van der Waals surface area contributed by atoms with E-state index in [4.69, 9.17) is 0 Å². The van der Waals surface area contributed by atoms with E-state index in [-0.39, 0.29) is 5.91 Å². The maximum atomic E-state index is 11.4. The molecule has 2 atom stereocenters. The second-order valence-electron chi connectivity index (χ2n) is 6.30. The molecule has 1 fully saturated rings. The molecule has 0 bridgehead atoms. The van der Waals surface area contributed by atoms with Gasteiger partial charge in [-0.1, -0.05) is 26.7 Å². The first-order valence-corrected chi connectivity index (χ1v) is 7.92. The average Bonchev–Trinajstić information content (AvgIpc) is 2.92. The molecule has 2 rings (SSSR count). The predicted octanol–water partition coefficient (Wildman–Crippen LogP) is 2.85. The molecule has 0 aromatic carbocycles. The van der Waals surface area contributed by atoms with Gasteiger partial charge in [0, 0.05) is 13.1 Å². The lowest BCUT2D eigenvalue weighted by molar-refractivity contribution is 0.0957. The highest BCUT2D eigenvalue weighted by molar-refractivity contribution is 5.91. The Morgan fingerprint density at radius 1 is 1.33 bits per heavy atom. The molecular weight excluding hydrogens is 264 g/mol. The molecule has 5 heteroatoms. The molecule has 0 radical (unpaired) electrons. The molecule has 116 valence electrons. The second-order valence-corrected chi connectivity index (χ2v) is 6.30. The van der Waals surface area contributed by atoms with Crippen molar-refractivity contribution in [2.45, 2.75) is 52.0 Å².